The molecular formula is C22H25FN4O3S. The van der Waals surface area contributed by atoms with E-state index in [1.165, 1.54) is 17.9 Å². The summed E-state index contributed by atoms with van der Waals surface area (Å²) in [5, 5.41) is 2.63. The number of piperazine rings is 1. The number of carbonyl (C=O) groups excluding carboxylic acids is 2. The first-order valence-electron chi connectivity index (χ1n) is 10.2. The number of hydrogen-bond acceptors (Lipinski definition) is 6. The predicted molar refractivity (Wildman–Crippen MR) is 121 cm³/mol. The molecule has 164 valence electrons. The second-order valence-corrected chi connectivity index (χ2v) is 8.13. The summed E-state index contributed by atoms with van der Waals surface area (Å²) in [5.41, 5.74) is 2.05. The van der Waals surface area contributed by atoms with Crippen LogP contribution in [0.3, 0.4) is 0 Å². The van der Waals surface area contributed by atoms with Gasteiger partial charge >= 0.3 is 6.09 Å². The van der Waals surface area contributed by atoms with Crippen LogP contribution in [0.4, 0.5) is 26.2 Å². The van der Waals surface area contributed by atoms with Crippen LogP contribution in [0, 0.1) is 5.82 Å². The number of para-hydroxylation sites is 1. The minimum Gasteiger partial charge on any atom is -0.442 e. The lowest BCUT2D eigenvalue weighted by Gasteiger charge is -2.38. The van der Waals surface area contributed by atoms with Gasteiger partial charge in [0.2, 0.25) is 5.91 Å². The van der Waals surface area contributed by atoms with E-state index in [1.54, 1.807) is 12.1 Å². The maximum atomic E-state index is 14.9. The molecule has 1 N–H and O–H groups in total. The molecule has 0 radical (unpaired) electrons. The molecule has 1 atom stereocenters. The van der Waals surface area contributed by atoms with Crippen LogP contribution in [0.15, 0.2) is 47.4 Å². The summed E-state index contributed by atoms with van der Waals surface area (Å²) in [4.78, 5) is 29.8. The van der Waals surface area contributed by atoms with Gasteiger partial charge in [-0.15, -0.1) is 12.6 Å². The third-order valence-corrected chi connectivity index (χ3v) is 5.92. The van der Waals surface area contributed by atoms with E-state index in [2.05, 4.69) is 22.8 Å². The van der Waals surface area contributed by atoms with Gasteiger partial charge in [0.15, 0.2) is 0 Å². The molecule has 2 heterocycles. The van der Waals surface area contributed by atoms with Crippen LogP contribution in [0.1, 0.15) is 6.92 Å². The summed E-state index contributed by atoms with van der Waals surface area (Å²) in [6, 6.07) is 12.8. The maximum Gasteiger partial charge on any atom is 0.414 e. The van der Waals surface area contributed by atoms with E-state index in [-0.39, 0.29) is 24.8 Å². The first-order chi connectivity index (χ1) is 14.9. The van der Waals surface area contributed by atoms with Crippen molar-refractivity contribution in [3.05, 3.63) is 48.3 Å². The normalized spacial score (nSPS) is 18.9. The lowest BCUT2D eigenvalue weighted by molar-refractivity contribution is -0.119. The summed E-state index contributed by atoms with van der Waals surface area (Å²) in [5.74, 6) is -0.568. The van der Waals surface area contributed by atoms with Gasteiger partial charge in [-0.1, -0.05) is 12.1 Å². The van der Waals surface area contributed by atoms with Crippen molar-refractivity contribution < 1.29 is 18.7 Å². The summed E-state index contributed by atoms with van der Waals surface area (Å²) >= 11 is 4.53. The number of halogens is 1. The Bertz CT molecular complexity index is 981. The third kappa shape index (κ3) is 4.71. The zero-order valence-electron chi connectivity index (χ0n) is 17.3. The van der Waals surface area contributed by atoms with Gasteiger partial charge in [0.25, 0.3) is 0 Å². The molecule has 2 saturated heterocycles. The summed E-state index contributed by atoms with van der Waals surface area (Å²) < 4.78 is 20.2. The molecule has 0 unspecified atom stereocenters. The molecule has 0 aromatic heterocycles. The highest BCUT2D eigenvalue weighted by molar-refractivity contribution is 7.80. The number of hydrogen-bond donors (Lipinski definition) is 2. The minimum atomic E-state index is -0.540. The molecule has 0 saturated carbocycles. The molecule has 2 aliphatic heterocycles. The van der Waals surface area contributed by atoms with Crippen LogP contribution in [-0.4, -0.2) is 57.4 Å². The monoisotopic (exact) mass is 444 g/mol. The van der Waals surface area contributed by atoms with Gasteiger partial charge in [-0.2, -0.15) is 0 Å². The fraction of sp³-hybridized carbons (Fsp3) is 0.364. The van der Waals surface area contributed by atoms with Gasteiger partial charge in [-0.05, 0) is 30.3 Å². The highest BCUT2D eigenvalue weighted by Gasteiger charge is 2.33. The number of nitrogens with zero attached hydrogens (tertiary/aromatic N) is 3. The van der Waals surface area contributed by atoms with E-state index in [0.29, 0.717) is 24.5 Å². The van der Waals surface area contributed by atoms with E-state index in [1.807, 2.05) is 29.2 Å². The summed E-state index contributed by atoms with van der Waals surface area (Å²) in [6.45, 7) is 4.80. The molecule has 2 fully saturated rings. The Morgan fingerprint density at radius 3 is 2.45 bits per heavy atom. The van der Waals surface area contributed by atoms with E-state index in [4.69, 9.17) is 4.74 Å². The Balaban J connectivity index is 1.40. The van der Waals surface area contributed by atoms with E-state index in [0.717, 1.165) is 23.7 Å². The lowest BCUT2D eigenvalue weighted by Crippen LogP contribution is -2.47. The number of rotatable bonds is 5. The van der Waals surface area contributed by atoms with Crippen molar-refractivity contribution in [2.24, 2.45) is 0 Å². The summed E-state index contributed by atoms with van der Waals surface area (Å²) in [6.07, 6.45) is -0.997. The molecular weight excluding hydrogens is 419 g/mol. The Hall–Kier alpha value is -2.94. The Kier molecular flexibility index (Phi) is 6.22. The molecule has 2 aromatic carbocycles. The molecule has 2 aromatic rings. The fourth-order valence-corrected chi connectivity index (χ4v) is 4.24. The number of amides is 2. The number of thiol groups is 1. The molecule has 0 spiro atoms. The second kappa shape index (κ2) is 9.05. The van der Waals surface area contributed by atoms with Crippen molar-refractivity contribution in [3.8, 4) is 0 Å². The molecule has 7 nitrogen and oxygen atoms in total. The standard InChI is InChI=1S/C22H25FN4O3S/c1-15(28)24-13-17-14-27(22(29)30-17)16-6-7-19(18(23)12-16)25-8-10-26(11-9-25)20-4-2-3-5-21(20)31/h2-7,12,17,31H,8-11,13-14H2,1H3,(H,24,28)/t17-/m0/s1. The number of benzene rings is 2. The van der Waals surface area contributed by atoms with E-state index in [9.17, 15) is 14.0 Å². The number of ether oxygens (including phenoxy) is 1. The van der Waals surface area contributed by atoms with Crippen LogP contribution in [0.2, 0.25) is 0 Å². The molecule has 4 rings (SSSR count). The van der Waals surface area contributed by atoms with Crippen LogP contribution in [-0.2, 0) is 9.53 Å². The highest BCUT2D eigenvalue weighted by atomic mass is 32.1. The van der Waals surface area contributed by atoms with Crippen molar-refractivity contribution in [1.82, 2.24) is 5.32 Å². The lowest BCUT2D eigenvalue weighted by atomic mass is 10.2. The topological polar surface area (TPSA) is 65.1 Å². The minimum absolute atomic E-state index is 0.192. The van der Waals surface area contributed by atoms with Crippen LogP contribution in [0.5, 0.6) is 0 Å². The van der Waals surface area contributed by atoms with Gasteiger partial charge in [0.05, 0.1) is 30.2 Å². The molecule has 0 bridgehead atoms. The number of cyclic esters (lactones) is 1. The number of nitrogens with one attached hydrogen (secondary N) is 1. The first-order valence-corrected chi connectivity index (χ1v) is 10.7. The largest absolute Gasteiger partial charge is 0.442 e. The number of carbonyl (C=O) groups is 2. The van der Waals surface area contributed by atoms with Crippen molar-refractivity contribution in [3.63, 3.8) is 0 Å². The molecule has 31 heavy (non-hydrogen) atoms. The van der Waals surface area contributed by atoms with Crippen LogP contribution in [0.25, 0.3) is 0 Å². The Morgan fingerprint density at radius 2 is 1.81 bits per heavy atom. The van der Waals surface area contributed by atoms with E-state index >= 15 is 0 Å². The first kappa shape index (κ1) is 21.3. The van der Waals surface area contributed by atoms with Gasteiger partial charge in [0.1, 0.15) is 11.9 Å². The van der Waals surface area contributed by atoms with Crippen LogP contribution >= 0.6 is 12.6 Å². The van der Waals surface area contributed by atoms with Gasteiger partial charge < -0.3 is 19.9 Å². The quantitative estimate of drug-likeness (QED) is 0.695. The molecule has 0 aliphatic carbocycles. The fourth-order valence-electron chi connectivity index (χ4n) is 3.94. The smallest absolute Gasteiger partial charge is 0.414 e. The average Bonchev–Trinajstić information content (AvgIpc) is 3.13. The third-order valence-electron chi connectivity index (χ3n) is 5.54. The van der Waals surface area contributed by atoms with Crippen molar-refractivity contribution in [2.45, 2.75) is 17.9 Å². The van der Waals surface area contributed by atoms with E-state index < -0.39 is 12.2 Å². The van der Waals surface area contributed by atoms with Crippen molar-refractivity contribution in [2.75, 3.05) is 54.0 Å². The van der Waals surface area contributed by atoms with Gasteiger partial charge in [-0.3, -0.25) is 9.69 Å². The summed E-state index contributed by atoms with van der Waals surface area (Å²) in [7, 11) is 0. The Morgan fingerprint density at radius 1 is 1.13 bits per heavy atom. The molecule has 2 amide bonds. The average molecular weight is 445 g/mol. The van der Waals surface area contributed by atoms with Crippen LogP contribution < -0.4 is 20.0 Å². The molecule has 9 heteroatoms. The maximum absolute atomic E-state index is 14.9. The molecule has 2 aliphatic rings. The SMILES string of the molecule is CC(=O)NC[C@H]1CN(c2ccc(N3CCN(c4ccccc4S)CC3)c(F)c2)C(=O)O1. The Labute approximate surface area is 186 Å². The van der Waals surface area contributed by atoms with Crippen molar-refractivity contribution in [1.29, 1.82) is 0 Å². The zero-order valence-corrected chi connectivity index (χ0v) is 18.1. The van der Waals surface area contributed by atoms with Gasteiger partial charge in [-0.25, -0.2) is 9.18 Å². The highest BCUT2D eigenvalue weighted by Crippen LogP contribution is 2.30. The zero-order chi connectivity index (χ0) is 22.0. The van der Waals surface area contributed by atoms with Gasteiger partial charge in [0, 0.05) is 38.0 Å². The predicted octanol–water partition coefficient (Wildman–Crippen LogP) is 2.90. The van der Waals surface area contributed by atoms with Crippen molar-refractivity contribution >= 4 is 41.7 Å². The number of anilines is 3. The second-order valence-electron chi connectivity index (χ2n) is 7.65.